The topological polar surface area (TPSA) is 23.6 Å². The van der Waals surface area contributed by atoms with E-state index in [1.165, 1.54) is 4.90 Å². The van der Waals surface area contributed by atoms with Gasteiger partial charge in [-0.2, -0.15) is 13.2 Å². The third-order valence-electron chi connectivity index (χ3n) is 2.57. The lowest BCUT2D eigenvalue weighted by Gasteiger charge is -2.35. The summed E-state index contributed by atoms with van der Waals surface area (Å²) in [5.74, 6) is -0.826. The van der Waals surface area contributed by atoms with Crippen molar-refractivity contribution in [3.05, 3.63) is 12.2 Å². The highest BCUT2D eigenvalue weighted by molar-refractivity contribution is 5.76. The Bertz CT molecular complexity index is 294. The molecule has 6 heteroatoms. The molecule has 0 spiro atoms. The van der Waals surface area contributed by atoms with Crippen LogP contribution in [-0.4, -0.2) is 54.6 Å². The van der Waals surface area contributed by atoms with E-state index >= 15 is 0 Å². The first-order valence-electron chi connectivity index (χ1n) is 5.49. The Morgan fingerprint density at radius 1 is 1.24 bits per heavy atom. The Morgan fingerprint density at radius 2 is 1.76 bits per heavy atom. The number of hydrogen-bond donors (Lipinski definition) is 0. The van der Waals surface area contributed by atoms with Crippen LogP contribution in [0.5, 0.6) is 0 Å². The Hall–Kier alpha value is -1.04. The maximum atomic E-state index is 12.0. The lowest BCUT2D eigenvalue weighted by atomic mass is 10.2. The molecule has 3 nitrogen and oxygen atoms in total. The first kappa shape index (κ1) is 14.0. The Labute approximate surface area is 98.9 Å². The molecule has 0 radical (unpaired) electrons. The normalized spacial score (nSPS) is 18.2. The molecular formula is C11H17F3N2O. The number of amides is 1. The van der Waals surface area contributed by atoms with Gasteiger partial charge in [-0.1, -0.05) is 12.2 Å². The highest BCUT2D eigenvalue weighted by atomic mass is 19.4. The van der Waals surface area contributed by atoms with Crippen molar-refractivity contribution >= 4 is 5.91 Å². The second-order valence-electron chi connectivity index (χ2n) is 4.41. The summed E-state index contributed by atoms with van der Waals surface area (Å²) in [6, 6.07) is 0. The Kier molecular flexibility index (Phi) is 4.56. The van der Waals surface area contributed by atoms with Crippen molar-refractivity contribution < 1.29 is 18.0 Å². The fourth-order valence-corrected chi connectivity index (χ4v) is 1.82. The van der Waals surface area contributed by atoms with E-state index in [0.29, 0.717) is 26.2 Å². The summed E-state index contributed by atoms with van der Waals surface area (Å²) in [5.41, 5.74) is 1.01. The van der Waals surface area contributed by atoms with Gasteiger partial charge in [-0.15, -0.1) is 0 Å². The van der Waals surface area contributed by atoms with E-state index in [1.54, 1.807) is 0 Å². The number of rotatable bonds is 3. The molecule has 1 saturated heterocycles. The maximum absolute atomic E-state index is 12.0. The van der Waals surface area contributed by atoms with Crippen LogP contribution in [0.15, 0.2) is 12.2 Å². The molecule has 0 aliphatic carbocycles. The van der Waals surface area contributed by atoms with Crippen LogP contribution < -0.4 is 0 Å². The van der Waals surface area contributed by atoms with Crippen LogP contribution in [0, 0.1) is 0 Å². The van der Waals surface area contributed by atoms with Gasteiger partial charge in [0.05, 0.1) is 0 Å². The second kappa shape index (κ2) is 5.53. The van der Waals surface area contributed by atoms with Crippen molar-refractivity contribution in [1.82, 2.24) is 9.80 Å². The van der Waals surface area contributed by atoms with E-state index in [1.807, 2.05) is 6.92 Å². The van der Waals surface area contributed by atoms with Gasteiger partial charge in [-0.05, 0) is 6.92 Å². The molecule has 0 atom stereocenters. The predicted octanol–water partition coefficient (Wildman–Crippen LogP) is 1.66. The average molecular weight is 250 g/mol. The zero-order chi connectivity index (χ0) is 13.1. The highest BCUT2D eigenvalue weighted by Crippen LogP contribution is 2.21. The predicted molar refractivity (Wildman–Crippen MR) is 58.5 cm³/mol. The minimum absolute atomic E-state index is 0.363. The first-order chi connectivity index (χ1) is 7.78. The third-order valence-corrected chi connectivity index (χ3v) is 2.57. The number of hydrogen-bond acceptors (Lipinski definition) is 2. The molecule has 0 bridgehead atoms. The largest absolute Gasteiger partial charge is 0.397 e. The standard InChI is InChI=1S/C11H17F3N2O/c1-9(2)8-15-3-5-16(6-4-15)10(17)7-11(12,13)14/h1,3-8H2,2H3. The van der Waals surface area contributed by atoms with Gasteiger partial charge in [0, 0.05) is 32.7 Å². The molecule has 1 amide bonds. The summed E-state index contributed by atoms with van der Waals surface area (Å²) in [6.45, 7) is 8.36. The first-order valence-corrected chi connectivity index (χ1v) is 5.49. The number of piperazine rings is 1. The molecule has 1 aliphatic heterocycles. The van der Waals surface area contributed by atoms with Gasteiger partial charge in [0.1, 0.15) is 6.42 Å². The molecule has 0 aromatic rings. The SMILES string of the molecule is C=C(C)CN1CCN(C(=O)CC(F)(F)F)CC1. The molecule has 98 valence electrons. The van der Waals surface area contributed by atoms with E-state index in [0.717, 1.165) is 12.1 Å². The van der Waals surface area contributed by atoms with Crippen molar-refractivity contribution in [3.8, 4) is 0 Å². The van der Waals surface area contributed by atoms with E-state index in [9.17, 15) is 18.0 Å². The van der Waals surface area contributed by atoms with E-state index in [-0.39, 0.29) is 0 Å². The monoisotopic (exact) mass is 250 g/mol. The van der Waals surface area contributed by atoms with Gasteiger partial charge in [0.15, 0.2) is 0 Å². The molecule has 0 aromatic carbocycles. The fourth-order valence-electron chi connectivity index (χ4n) is 1.82. The summed E-state index contributed by atoms with van der Waals surface area (Å²) in [7, 11) is 0. The molecule has 0 saturated carbocycles. The minimum Gasteiger partial charge on any atom is -0.340 e. The van der Waals surface area contributed by atoms with Crippen molar-refractivity contribution in [1.29, 1.82) is 0 Å². The third kappa shape index (κ3) is 5.21. The zero-order valence-corrected chi connectivity index (χ0v) is 9.89. The highest BCUT2D eigenvalue weighted by Gasteiger charge is 2.34. The molecular weight excluding hydrogens is 233 g/mol. The van der Waals surface area contributed by atoms with Gasteiger partial charge < -0.3 is 4.90 Å². The quantitative estimate of drug-likeness (QED) is 0.711. The lowest BCUT2D eigenvalue weighted by molar-refractivity contribution is -0.162. The van der Waals surface area contributed by atoms with Gasteiger partial charge in [-0.3, -0.25) is 9.69 Å². The smallest absolute Gasteiger partial charge is 0.340 e. The van der Waals surface area contributed by atoms with E-state index in [4.69, 9.17) is 0 Å². The van der Waals surface area contributed by atoms with Gasteiger partial charge in [-0.25, -0.2) is 0 Å². The van der Waals surface area contributed by atoms with Crippen molar-refractivity contribution in [2.24, 2.45) is 0 Å². The van der Waals surface area contributed by atoms with Gasteiger partial charge in [0.25, 0.3) is 0 Å². The summed E-state index contributed by atoms with van der Waals surface area (Å²) in [4.78, 5) is 14.7. The van der Waals surface area contributed by atoms with E-state index in [2.05, 4.69) is 11.5 Å². The maximum Gasteiger partial charge on any atom is 0.397 e. The summed E-state index contributed by atoms with van der Waals surface area (Å²) >= 11 is 0. The lowest BCUT2D eigenvalue weighted by Crippen LogP contribution is -2.49. The van der Waals surface area contributed by atoms with Crippen LogP contribution in [0.4, 0.5) is 13.2 Å². The molecule has 0 aromatic heterocycles. The van der Waals surface area contributed by atoms with Crippen molar-refractivity contribution in [3.63, 3.8) is 0 Å². The van der Waals surface area contributed by atoms with Crippen LogP contribution in [0.2, 0.25) is 0 Å². The van der Waals surface area contributed by atoms with Crippen LogP contribution in [0.1, 0.15) is 13.3 Å². The Balaban J connectivity index is 2.36. The summed E-state index contributed by atoms with van der Waals surface area (Å²) in [5, 5.41) is 0. The van der Waals surface area contributed by atoms with E-state index < -0.39 is 18.5 Å². The fraction of sp³-hybridized carbons (Fsp3) is 0.727. The molecule has 1 aliphatic rings. The van der Waals surface area contributed by atoms with Gasteiger partial charge >= 0.3 is 6.18 Å². The van der Waals surface area contributed by atoms with Gasteiger partial charge in [0.2, 0.25) is 5.91 Å². The molecule has 1 heterocycles. The molecule has 17 heavy (non-hydrogen) atoms. The minimum atomic E-state index is -4.41. The number of halogens is 3. The summed E-state index contributed by atoms with van der Waals surface area (Å²) in [6.07, 6.45) is -5.76. The van der Waals surface area contributed by atoms with Crippen molar-refractivity contribution in [2.45, 2.75) is 19.5 Å². The summed E-state index contributed by atoms with van der Waals surface area (Å²) < 4.78 is 36.1. The van der Waals surface area contributed by atoms with Crippen LogP contribution in [0.3, 0.4) is 0 Å². The molecule has 0 N–H and O–H groups in total. The zero-order valence-electron chi connectivity index (χ0n) is 9.89. The van der Waals surface area contributed by atoms with Crippen LogP contribution in [-0.2, 0) is 4.79 Å². The number of carbonyl (C=O) groups is 1. The second-order valence-corrected chi connectivity index (χ2v) is 4.41. The van der Waals surface area contributed by atoms with Crippen LogP contribution >= 0.6 is 0 Å². The average Bonchev–Trinajstić information content (AvgIpc) is 2.15. The van der Waals surface area contributed by atoms with Crippen LogP contribution in [0.25, 0.3) is 0 Å². The molecule has 1 rings (SSSR count). The van der Waals surface area contributed by atoms with Crippen molar-refractivity contribution in [2.75, 3.05) is 32.7 Å². The number of nitrogens with zero attached hydrogens (tertiary/aromatic N) is 2. The number of carbonyl (C=O) groups excluding carboxylic acids is 1. The molecule has 0 unspecified atom stereocenters. The molecule has 1 fully saturated rings. The number of alkyl halides is 3. The Morgan fingerprint density at radius 3 is 2.18 bits per heavy atom.